The van der Waals surface area contributed by atoms with Gasteiger partial charge in [0.05, 0.1) is 0 Å². The van der Waals surface area contributed by atoms with Crippen molar-refractivity contribution in [2.45, 2.75) is 6.92 Å². The maximum atomic E-state index is 4.56. The monoisotopic (exact) mass is 344 g/mol. The van der Waals surface area contributed by atoms with Crippen LogP contribution in [0.4, 0.5) is 11.6 Å². The summed E-state index contributed by atoms with van der Waals surface area (Å²) in [6, 6.07) is 18.5. The van der Waals surface area contributed by atoms with Gasteiger partial charge in [-0.1, -0.05) is 36.4 Å². The topological polar surface area (TPSA) is 50.7 Å². The van der Waals surface area contributed by atoms with Crippen LogP contribution in [0.15, 0.2) is 72.4 Å². The van der Waals surface area contributed by atoms with E-state index in [-0.39, 0.29) is 0 Å². The van der Waals surface area contributed by atoms with Gasteiger partial charge in [0.1, 0.15) is 10.7 Å². The summed E-state index contributed by atoms with van der Waals surface area (Å²) in [4.78, 5) is 13.2. The van der Waals surface area contributed by atoms with Gasteiger partial charge in [-0.05, 0) is 41.8 Å². The van der Waals surface area contributed by atoms with Crippen LogP contribution in [0.3, 0.4) is 0 Å². The summed E-state index contributed by atoms with van der Waals surface area (Å²) >= 11 is 1.56. The summed E-state index contributed by atoms with van der Waals surface area (Å²) in [6.07, 6.45) is 3.53. The Morgan fingerprint density at radius 1 is 0.920 bits per heavy atom. The van der Waals surface area contributed by atoms with Crippen LogP contribution in [0.2, 0.25) is 0 Å². The first kappa shape index (κ1) is 15.5. The summed E-state index contributed by atoms with van der Waals surface area (Å²) in [5.41, 5.74) is 5.42. The Morgan fingerprint density at radius 3 is 2.68 bits per heavy atom. The number of hydrogen-bond donors (Lipinski definition) is 1. The number of benzene rings is 2. The van der Waals surface area contributed by atoms with Crippen LogP contribution in [0.25, 0.3) is 21.8 Å². The Balaban J connectivity index is 1.63. The predicted molar refractivity (Wildman–Crippen MR) is 103 cm³/mol. The number of thiazole rings is 1. The molecule has 4 nitrogen and oxygen atoms in total. The number of hydrogen-bond acceptors (Lipinski definition) is 5. The van der Waals surface area contributed by atoms with Crippen molar-refractivity contribution in [1.29, 1.82) is 0 Å². The van der Waals surface area contributed by atoms with Crippen LogP contribution in [0.1, 0.15) is 5.56 Å². The number of nitrogens with one attached hydrogen (secondary N) is 1. The van der Waals surface area contributed by atoms with E-state index in [2.05, 4.69) is 63.6 Å². The van der Waals surface area contributed by atoms with Crippen LogP contribution in [0.5, 0.6) is 0 Å². The van der Waals surface area contributed by atoms with Crippen LogP contribution in [-0.2, 0) is 0 Å². The van der Waals surface area contributed by atoms with E-state index >= 15 is 0 Å². The van der Waals surface area contributed by atoms with Gasteiger partial charge in [0.15, 0.2) is 0 Å². The molecule has 25 heavy (non-hydrogen) atoms. The lowest BCUT2D eigenvalue weighted by Gasteiger charge is -2.09. The lowest BCUT2D eigenvalue weighted by Crippen LogP contribution is -1.98. The second-order valence-corrected chi connectivity index (χ2v) is 6.52. The molecule has 2 heterocycles. The minimum Gasteiger partial charge on any atom is -0.324 e. The van der Waals surface area contributed by atoms with Gasteiger partial charge >= 0.3 is 0 Å². The fraction of sp³-hybridized carbons (Fsp3) is 0.0500. The molecule has 4 aromatic rings. The van der Waals surface area contributed by atoms with E-state index in [1.165, 1.54) is 16.7 Å². The summed E-state index contributed by atoms with van der Waals surface area (Å²) < 4.78 is 0. The summed E-state index contributed by atoms with van der Waals surface area (Å²) in [7, 11) is 0. The maximum absolute atomic E-state index is 4.56. The first-order valence-electron chi connectivity index (χ1n) is 7.95. The molecule has 0 atom stereocenters. The highest BCUT2D eigenvalue weighted by Crippen LogP contribution is 2.27. The third-order valence-electron chi connectivity index (χ3n) is 3.88. The van der Waals surface area contributed by atoms with Crippen molar-refractivity contribution < 1.29 is 0 Å². The molecule has 0 saturated carbocycles. The Morgan fingerprint density at radius 2 is 1.84 bits per heavy atom. The van der Waals surface area contributed by atoms with E-state index in [9.17, 15) is 0 Å². The second kappa shape index (κ2) is 6.83. The Bertz CT molecular complexity index is 996. The summed E-state index contributed by atoms with van der Waals surface area (Å²) in [5.74, 6) is 0.564. The molecular weight excluding hydrogens is 328 g/mol. The molecular formula is C20H16N4S. The summed E-state index contributed by atoms with van der Waals surface area (Å²) in [6.45, 7) is 2.12. The highest BCUT2D eigenvalue weighted by molar-refractivity contribution is 7.13. The molecule has 0 saturated heterocycles. The van der Waals surface area contributed by atoms with Crippen molar-refractivity contribution in [3.8, 4) is 21.8 Å². The lowest BCUT2D eigenvalue weighted by molar-refractivity contribution is 1.16. The normalized spacial score (nSPS) is 10.6. The van der Waals surface area contributed by atoms with Crippen LogP contribution in [0, 0.1) is 6.92 Å². The van der Waals surface area contributed by atoms with E-state index < -0.39 is 0 Å². The maximum Gasteiger partial charge on any atom is 0.227 e. The molecule has 0 aliphatic heterocycles. The average Bonchev–Trinajstić information content (AvgIpc) is 3.17. The van der Waals surface area contributed by atoms with Gasteiger partial charge in [-0.25, -0.2) is 15.0 Å². The van der Waals surface area contributed by atoms with Gasteiger partial charge in [-0.3, -0.25) is 0 Å². The van der Waals surface area contributed by atoms with Crippen molar-refractivity contribution >= 4 is 23.0 Å². The molecule has 0 amide bonds. The van der Waals surface area contributed by atoms with E-state index in [1.54, 1.807) is 23.7 Å². The second-order valence-electron chi connectivity index (χ2n) is 5.62. The fourth-order valence-electron chi connectivity index (χ4n) is 2.68. The van der Waals surface area contributed by atoms with Gasteiger partial charge in [0.2, 0.25) is 5.95 Å². The van der Waals surface area contributed by atoms with Crippen molar-refractivity contribution in [2.24, 2.45) is 0 Å². The van der Waals surface area contributed by atoms with Gasteiger partial charge in [-0.2, -0.15) is 0 Å². The molecule has 0 aliphatic rings. The molecule has 0 bridgehead atoms. The Labute approximate surface area is 150 Å². The SMILES string of the molecule is Cc1ccccc1-c1cccc(Nc2nccc(-c3nccs3)n2)c1. The van der Waals surface area contributed by atoms with E-state index in [4.69, 9.17) is 0 Å². The molecule has 4 rings (SSSR count). The molecule has 2 aromatic heterocycles. The number of aromatic nitrogens is 3. The number of nitrogens with zero attached hydrogens (tertiary/aromatic N) is 3. The van der Waals surface area contributed by atoms with Crippen molar-refractivity contribution in [1.82, 2.24) is 15.0 Å². The molecule has 0 spiro atoms. The van der Waals surface area contributed by atoms with Crippen molar-refractivity contribution in [3.63, 3.8) is 0 Å². The zero-order valence-corrected chi connectivity index (χ0v) is 14.5. The Hall–Kier alpha value is -3.05. The number of anilines is 2. The third kappa shape index (κ3) is 3.41. The zero-order valence-electron chi connectivity index (χ0n) is 13.7. The molecule has 0 radical (unpaired) electrons. The zero-order chi connectivity index (χ0) is 17.1. The molecule has 5 heteroatoms. The first-order chi connectivity index (χ1) is 12.3. The van der Waals surface area contributed by atoms with E-state index in [1.807, 2.05) is 23.6 Å². The fourth-order valence-corrected chi connectivity index (χ4v) is 3.29. The first-order valence-corrected chi connectivity index (χ1v) is 8.83. The van der Waals surface area contributed by atoms with Gasteiger partial charge in [0.25, 0.3) is 0 Å². The molecule has 122 valence electrons. The minimum atomic E-state index is 0.564. The van der Waals surface area contributed by atoms with Crippen LogP contribution >= 0.6 is 11.3 Å². The van der Waals surface area contributed by atoms with Crippen molar-refractivity contribution in [3.05, 3.63) is 77.9 Å². The van der Waals surface area contributed by atoms with Crippen LogP contribution in [-0.4, -0.2) is 15.0 Å². The molecule has 2 aromatic carbocycles. The molecule has 0 unspecified atom stereocenters. The van der Waals surface area contributed by atoms with Gasteiger partial charge in [0, 0.05) is 23.5 Å². The number of aryl methyl sites for hydroxylation is 1. The minimum absolute atomic E-state index is 0.564. The van der Waals surface area contributed by atoms with Gasteiger partial charge < -0.3 is 5.32 Å². The van der Waals surface area contributed by atoms with E-state index in [0.717, 1.165) is 16.4 Å². The summed E-state index contributed by atoms with van der Waals surface area (Å²) in [5, 5.41) is 6.12. The highest BCUT2D eigenvalue weighted by atomic mass is 32.1. The molecule has 1 N–H and O–H groups in total. The highest BCUT2D eigenvalue weighted by Gasteiger charge is 2.06. The predicted octanol–water partition coefficient (Wildman–Crippen LogP) is 5.32. The lowest BCUT2D eigenvalue weighted by atomic mass is 10.0. The molecule has 0 aliphatic carbocycles. The average molecular weight is 344 g/mol. The molecule has 0 fully saturated rings. The van der Waals surface area contributed by atoms with E-state index in [0.29, 0.717) is 5.95 Å². The Kier molecular flexibility index (Phi) is 4.23. The third-order valence-corrected chi connectivity index (χ3v) is 4.68. The smallest absolute Gasteiger partial charge is 0.227 e. The van der Waals surface area contributed by atoms with Crippen molar-refractivity contribution in [2.75, 3.05) is 5.32 Å². The van der Waals surface area contributed by atoms with Crippen LogP contribution < -0.4 is 5.32 Å². The standard InChI is InChI=1S/C20H16N4S/c1-14-5-2-3-8-17(14)15-6-4-7-16(13-15)23-20-22-10-9-18(24-20)19-21-11-12-25-19/h2-13H,1H3,(H,22,23,24). The largest absolute Gasteiger partial charge is 0.324 e. The number of rotatable bonds is 4. The van der Waals surface area contributed by atoms with Gasteiger partial charge in [-0.15, -0.1) is 11.3 Å². The quantitative estimate of drug-likeness (QED) is 0.544.